The first-order chi connectivity index (χ1) is 18.0. The summed E-state index contributed by atoms with van der Waals surface area (Å²) in [7, 11) is 0. The van der Waals surface area contributed by atoms with Crippen LogP contribution in [0.2, 0.25) is 0 Å². The maximum absolute atomic E-state index is 5.34. The first-order valence-corrected chi connectivity index (χ1v) is 15.3. The van der Waals surface area contributed by atoms with Gasteiger partial charge in [-0.2, -0.15) is 0 Å². The Bertz CT molecular complexity index is 1600. The van der Waals surface area contributed by atoms with Crippen molar-refractivity contribution in [3.8, 4) is 43.4 Å². The zero-order chi connectivity index (χ0) is 25.5. The Morgan fingerprint density at radius 2 is 0.649 bits per heavy atom. The molecule has 0 N–H and O–H groups in total. The number of hydrogen-bond acceptors (Lipinski definition) is 3. The average Bonchev–Trinajstić information content (AvgIpc) is 3.28. The van der Waals surface area contributed by atoms with Gasteiger partial charge in [0, 0.05) is 29.0 Å². The van der Waals surface area contributed by atoms with E-state index in [0.29, 0.717) is 0 Å². The van der Waals surface area contributed by atoms with Crippen LogP contribution < -0.4 is 0 Å². The first kappa shape index (κ1) is 25.1. The van der Waals surface area contributed by atoms with Gasteiger partial charge in [-0.25, -0.2) is 9.97 Å². The van der Waals surface area contributed by atoms with Gasteiger partial charge in [0.05, 0.1) is 21.1 Å². The van der Waals surface area contributed by atoms with Crippen LogP contribution in [0.1, 0.15) is 0 Å². The molecule has 2 nitrogen and oxygen atoms in total. The number of hydrogen-bond donors (Lipinski definition) is 0. The van der Waals surface area contributed by atoms with Gasteiger partial charge in [-0.15, -0.1) is 11.3 Å². The lowest BCUT2D eigenvalue weighted by Gasteiger charge is -2.11. The Balaban J connectivity index is 1.69. The molecule has 0 saturated carbocycles. The van der Waals surface area contributed by atoms with Gasteiger partial charge >= 0.3 is 0 Å². The van der Waals surface area contributed by atoms with Gasteiger partial charge in [0.2, 0.25) is 0 Å². The second-order valence-corrected chi connectivity index (χ2v) is 13.1. The van der Waals surface area contributed by atoms with E-state index in [1.54, 1.807) is 11.3 Å². The second-order valence-electron chi connectivity index (χ2n) is 8.41. The van der Waals surface area contributed by atoms with Crippen molar-refractivity contribution in [2.75, 3.05) is 0 Å². The van der Waals surface area contributed by atoms with Crippen molar-refractivity contribution >= 4 is 86.1 Å². The standard InChI is InChI=1S/C30H16Br4N2S/c31-21-9-1-17(2-10-21)25-26(18-3-11-22(32)12-4-18)36-28-27(35-25)29(19-5-13-23(33)14-6-19)37-30(28)20-7-15-24(34)16-8-20/h1-16H. The van der Waals surface area contributed by atoms with Gasteiger partial charge in [-0.05, 0) is 59.7 Å². The topological polar surface area (TPSA) is 25.8 Å². The number of fused-ring (bicyclic) bond motifs is 1. The summed E-state index contributed by atoms with van der Waals surface area (Å²) in [5, 5.41) is 0. The van der Waals surface area contributed by atoms with E-state index in [1.807, 2.05) is 24.3 Å². The van der Waals surface area contributed by atoms with Crippen LogP contribution in [0.5, 0.6) is 0 Å². The lowest BCUT2D eigenvalue weighted by molar-refractivity contribution is 1.30. The summed E-state index contributed by atoms with van der Waals surface area (Å²) < 4.78 is 4.15. The molecule has 0 aliphatic rings. The van der Waals surface area contributed by atoms with Crippen molar-refractivity contribution in [2.24, 2.45) is 0 Å². The van der Waals surface area contributed by atoms with Crippen molar-refractivity contribution < 1.29 is 0 Å². The minimum Gasteiger partial charge on any atom is -0.242 e. The zero-order valence-electron chi connectivity index (χ0n) is 19.1. The highest BCUT2D eigenvalue weighted by Crippen LogP contribution is 2.45. The lowest BCUT2D eigenvalue weighted by Crippen LogP contribution is -1.95. The third kappa shape index (κ3) is 5.12. The predicted octanol–water partition coefficient (Wildman–Crippen LogP) is 11.4. The molecule has 0 saturated heterocycles. The fraction of sp³-hybridized carbons (Fsp3) is 0. The van der Waals surface area contributed by atoms with E-state index in [0.717, 1.165) is 72.3 Å². The van der Waals surface area contributed by atoms with Gasteiger partial charge < -0.3 is 0 Å². The van der Waals surface area contributed by atoms with Gasteiger partial charge in [-0.1, -0.05) is 112 Å². The molecule has 0 unspecified atom stereocenters. The van der Waals surface area contributed by atoms with Crippen molar-refractivity contribution in [3.63, 3.8) is 0 Å². The predicted molar refractivity (Wildman–Crippen MR) is 170 cm³/mol. The molecule has 37 heavy (non-hydrogen) atoms. The summed E-state index contributed by atoms with van der Waals surface area (Å²) >= 11 is 16.0. The minimum absolute atomic E-state index is 0.862. The molecular formula is C30H16Br4N2S. The highest BCUT2D eigenvalue weighted by Gasteiger charge is 2.22. The largest absolute Gasteiger partial charge is 0.242 e. The molecule has 2 heterocycles. The Kier molecular flexibility index (Phi) is 7.16. The van der Waals surface area contributed by atoms with Crippen LogP contribution in [-0.4, -0.2) is 9.97 Å². The average molecular weight is 756 g/mol. The Morgan fingerprint density at radius 1 is 0.378 bits per heavy atom. The van der Waals surface area contributed by atoms with Gasteiger partial charge in [0.15, 0.2) is 0 Å². The van der Waals surface area contributed by atoms with Crippen LogP contribution >= 0.6 is 75.1 Å². The summed E-state index contributed by atoms with van der Waals surface area (Å²) in [5.41, 5.74) is 7.82. The van der Waals surface area contributed by atoms with Crippen molar-refractivity contribution in [2.45, 2.75) is 0 Å². The molecule has 0 aliphatic heterocycles. The van der Waals surface area contributed by atoms with E-state index in [-0.39, 0.29) is 0 Å². The van der Waals surface area contributed by atoms with E-state index in [2.05, 4.69) is 137 Å². The van der Waals surface area contributed by atoms with E-state index >= 15 is 0 Å². The molecule has 0 aliphatic carbocycles. The number of nitrogens with zero attached hydrogens (tertiary/aromatic N) is 2. The normalized spacial score (nSPS) is 11.2. The minimum atomic E-state index is 0.862. The summed E-state index contributed by atoms with van der Waals surface area (Å²) in [4.78, 5) is 12.9. The molecule has 0 amide bonds. The van der Waals surface area contributed by atoms with E-state index in [4.69, 9.17) is 9.97 Å². The van der Waals surface area contributed by atoms with Gasteiger partial charge in [0.1, 0.15) is 11.0 Å². The Hall–Kier alpha value is -2.16. The Morgan fingerprint density at radius 3 is 0.946 bits per heavy atom. The molecule has 180 valence electrons. The van der Waals surface area contributed by atoms with Crippen LogP contribution in [0, 0.1) is 0 Å². The number of benzene rings is 4. The molecule has 7 heteroatoms. The zero-order valence-corrected chi connectivity index (χ0v) is 26.2. The SMILES string of the molecule is Brc1ccc(-c2nc3c(-c4ccc(Br)cc4)sc(-c4ccc(Br)cc4)c3nc2-c2ccc(Br)cc2)cc1. The second kappa shape index (κ2) is 10.5. The molecule has 0 atom stereocenters. The number of halogens is 4. The van der Waals surface area contributed by atoms with Crippen molar-refractivity contribution in [1.29, 1.82) is 0 Å². The van der Waals surface area contributed by atoms with Crippen molar-refractivity contribution in [1.82, 2.24) is 9.97 Å². The highest BCUT2D eigenvalue weighted by molar-refractivity contribution is 9.11. The molecule has 4 aromatic carbocycles. The third-order valence-corrected chi connectivity index (χ3v) is 9.36. The first-order valence-electron chi connectivity index (χ1n) is 11.3. The summed E-state index contributed by atoms with van der Waals surface area (Å²) in [6, 6.07) is 33.3. The number of aromatic nitrogens is 2. The maximum atomic E-state index is 5.34. The van der Waals surface area contributed by atoms with E-state index < -0.39 is 0 Å². The van der Waals surface area contributed by atoms with Crippen LogP contribution in [-0.2, 0) is 0 Å². The van der Waals surface area contributed by atoms with Crippen LogP contribution in [0.15, 0.2) is 115 Å². The Labute approximate surface area is 252 Å². The van der Waals surface area contributed by atoms with Crippen molar-refractivity contribution in [3.05, 3.63) is 115 Å². The molecule has 6 rings (SSSR count). The summed E-state index contributed by atoms with van der Waals surface area (Å²) in [5.74, 6) is 0. The lowest BCUT2D eigenvalue weighted by atomic mass is 10.0. The van der Waals surface area contributed by atoms with Gasteiger partial charge in [0.25, 0.3) is 0 Å². The molecule has 0 fully saturated rings. The highest BCUT2D eigenvalue weighted by atomic mass is 79.9. The summed E-state index contributed by atoms with van der Waals surface area (Å²) in [6.07, 6.45) is 0. The quantitative estimate of drug-likeness (QED) is 0.179. The molecular weight excluding hydrogens is 740 g/mol. The van der Waals surface area contributed by atoms with Crippen LogP contribution in [0.4, 0.5) is 0 Å². The fourth-order valence-corrected chi connectivity index (χ4v) is 6.41. The number of rotatable bonds is 4. The molecule has 0 bridgehead atoms. The van der Waals surface area contributed by atoms with Crippen LogP contribution in [0.25, 0.3) is 54.4 Å². The summed E-state index contributed by atoms with van der Waals surface area (Å²) in [6.45, 7) is 0. The van der Waals surface area contributed by atoms with Gasteiger partial charge in [-0.3, -0.25) is 0 Å². The smallest absolute Gasteiger partial charge is 0.109 e. The number of thiophene rings is 1. The fourth-order valence-electron chi connectivity index (χ4n) is 4.16. The molecule has 0 radical (unpaired) electrons. The molecule has 2 aromatic heterocycles. The monoisotopic (exact) mass is 752 g/mol. The van der Waals surface area contributed by atoms with E-state index in [9.17, 15) is 0 Å². The third-order valence-electron chi connectivity index (χ3n) is 5.98. The maximum Gasteiger partial charge on any atom is 0.109 e. The van der Waals surface area contributed by atoms with E-state index in [1.165, 1.54) is 0 Å². The molecule has 6 aromatic rings. The van der Waals surface area contributed by atoms with Crippen LogP contribution in [0.3, 0.4) is 0 Å². The molecule has 0 spiro atoms.